The number of rotatable bonds is 1. The molecule has 2 atom stereocenters. The molecule has 2 heteroatoms. The monoisotopic (exact) mass is 152 g/mol. The highest BCUT2D eigenvalue weighted by atomic mass is 15.2. The van der Waals surface area contributed by atoms with Gasteiger partial charge in [0, 0.05) is 18.6 Å². The van der Waals surface area contributed by atoms with Gasteiger partial charge in [0.05, 0.1) is 6.54 Å². The molecule has 0 bridgehead atoms. The van der Waals surface area contributed by atoms with E-state index in [-0.39, 0.29) is 0 Å². The summed E-state index contributed by atoms with van der Waals surface area (Å²) in [6.07, 6.45) is 1.12. The molecule has 1 saturated heterocycles. The molecule has 0 saturated carbocycles. The molecule has 0 aromatic carbocycles. The fraction of sp³-hybridized carbons (Fsp3) is 0.778. The highest BCUT2D eigenvalue weighted by Crippen LogP contribution is 2.14. The molecule has 0 radical (unpaired) electrons. The molecule has 2 N–H and O–H groups in total. The molecular weight excluding hydrogens is 136 g/mol. The predicted octanol–water partition coefficient (Wildman–Crippen LogP) is 0.431. The lowest BCUT2D eigenvalue weighted by atomic mass is 10.2. The van der Waals surface area contributed by atoms with E-state index in [9.17, 15) is 0 Å². The van der Waals surface area contributed by atoms with E-state index in [1.165, 1.54) is 0 Å². The average molecular weight is 152 g/mol. The first-order chi connectivity index (χ1) is 5.25. The molecule has 0 amide bonds. The summed E-state index contributed by atoms with van der Waals surface area (Å²) in [5.74, 6) is 5.96. The van der Waals surface area contributed by atoms with E-state index in [1.807, 2.05) is 6.92 Å². The molecule has 1 heterocycles. The zero-order valence-corrected chi connectivity index (χ0v) is 7.30. The largest absolute Gasteiger partial charge is 0.326 e. The van der Waals surface area contributed by atoms with E-state index in [4.69, 9.17) is 5.73 Å². The van der Waals surface area contributed by atoms with Crippen molar-refractivity contribution in [3.05, 3.63) is 0 Å². The summed E-state index contributed by atoms with van der Waals surface area (Å²) in [6.45, 7) is 6.04. The number of hydrogen-bond donors (Lipinski definition) is 1. The second-order valence-corrected chi connectivity index (χ2v) is 3.09. The van der Waals surface area contributed by atoms with Gasteiger partial charge in [0.1, 0.15) is 0 Å². The Morgan fingerprint density at radius 2 is 2.36 bits per heavy atom. The Morgan fingerprint density at radius 3 is 2.82 bits per heavy atom. The Kier molecular flexibility index (Phi) is 2.92. The van der Waals surface area contributed by atoms with Gasteiger partial charge in [-0.05, 0) is 20.3 Å². The van der Waals surface area contributed by atoms with Crippen LogP contribution >= 0.6 is 0 Å². The van der Waals surface area contributed by atoms with Crippen LogP contribution in [0.4, 0.5) is 0 Å². The first kappa shape index (κ1) is 8.58. The van der Waals surface area contributed by atoms with Crippen molar-refractivity contribution in [3.63, 3.8) is 0 Å². The summed E-state index contributed by atoms with van der Waals surface area (Å²) in [6, 6.07) is 0.865. The Bertz CT molecular complexity index is 178. The molecule has 0 aromatic heterocycles. The van der Waals surface area contributed by atoms with Crippen LogP contribution in [0.25, 0.3) is 0 Å². The van der Waals surface area contributed by atoms with E-state index in [2.05, 4.69) is 23.7 Å². The quantitative estimate of drug-likeness (QED) is 0.552. The molecule has 1 fully saturated rings. The minimum atomic E-state index is 0.355. The fourth-order valence-electron chi connectivity index (χ4n) is 1.43. The van der Waals surface area contributed by atoms with Crippen molar-refractivity contribution >= 4 is 0 Å². The fourth-order valence-corrected chi connectivity index (χ4v) is 1.43. The normalized spacial score (nSPS) is 31.5. The van der Waals surface area contributed by atoms with Crippen molar-refractivity contribution in [2.75, 3.05) is 13.1 Å². The van der Waals surface area contributed by atoms with Crippen LogP contribution < -0.4 is 5.73 Å². The van der Waals surface area contributed by atoms with Crippen LogP contribution in [-0.4, -0.2) is 30.1 Å². The van der Waals surface area contributed by atoms with Crippen LogP contribution in [0.15, 0.2) is 0 Å². The van der Waals surface area contributed by atoms with Gasteiger partial charge in [-0.1, -0.05) is 5.92 Å². The molecule has 1 aliphatic heterocycles. The lowest BCUT2D eigenvalue weighted by Crippen LogP contribution is -2.36. The van der Waals surface area contributed by atoms with Gasteiger partial charge >= 0.3 is 0 Å². The number of nitrogens with zero attached hydrogens (tertiary/aromatic N) is 1. The lowest BCUT2D eigenvalue weighted by molar-refractivity contribution is 0.292. The Balaban J connectivity index is 2.40. The summed E-state index contributed by atoms with van der Waals surface area (Å²) >= 11 is 0. The molecule has 0 aromatic rings. The van der Waals surface area contributed by atoms with Gasteiger partial charge in [0.25, 0.3) is 0 Å². The highest BCUT2D eigenvalue weighted by molar-refractivity contribution is 5.01. The van der Waals surface area contributed by atoms with Gasteiger partial charge in [-0.2, -0.15) is 0 Å². The van der Waals surface area contributed by atoms with Gasteiger partial charge in [0.15, 0.2) is 0 Å². The molecule has 0 spiro atoms. The maximum absolute atomic E-state index is 5.85. The van der Waals surface area contributed by atoms with E-state index in [0.29, 0.717) is 12.1 Å². The minimum absolute atomic E-state index is 0.355. The van der Waals surface area contributed by atoms with E-state index >= 15 is 0 Å². The topological polar surface area (TPSA) is 29.3 Å². The van der Waals surface area contributed by atoms with Gasteiger partial charge < -0.3 is 5.73 Å². The second-order valence-electron chi connectivity index (χ2n) is 3.09. The molecule has 2 nitrogen and oxygen atoms in total. The molecule has 1 rings (SSSR count). The predicted molar refractivity (Wildman–Crippen MR) is 47.1 cm³/mol. The molecule has 0 aliphatic carbocycles. The maximum atomic E-state index is 5.85. The third-order valence-corrected chi connectivity index (χ3v) is 2.40. The zero-order chi connectivity index (χ0) is 8.27. The van der Waals surface area contributed by atoms with Crippen LogP contribution in [0.5, 0.6) is 0 Å². The zero-order valence-electron chi connectivity index (χ0n) is 7.30. The van der Waals surface area contributed by atoms with Crippen LogP contribution in [0, 0.1) is 11.8 Å². The Labute approximate surface area is 68.8 Å². The highest BCUT2D eigenvalue weighted by Gasteiger charge is 2.26. The van der Waals surface area contributed by atoms with Crippen molar-refractivity contribution in [2.24, 2.45) is 5.73 Å². The molecule has 11 heavy (non-hydrogen) atoms. The standard InChI is InChI=1S/C9H16N2/c1-3-4-6-11-7-5-9(10)8(11)2/h8-9H,5-7,10H2,1-2H3. The molecule has 2 unspecified atom stereocenters. The van der Waals surface area contributed by atoms with Crippen molar-refractivity contribution < 1.29 is 0 Å². The summed E-state index contributed by atoms with van der Waals surface area (Å²) < 4.78 is 0. The first-order valence-electron chi connectivity index (χ1n) is 4.15. The van der Waals surface area contributed by atoms with Crippen LogP contribution in [0.2, 0.25) is 0 Å². The van der Waals surface area contributed by atoms with Crippen molar-refractivity contribution in [3.8, 4) is 11.8 Å². The van der Waals surface area contributed by atoms with Crippen LogP contribution in [0.1, 0.15) is 20.3 Å². The van der Waals surface area contributed by atoms with Gasteiger partial charge in [-0.3, -0.25) is 4.90 Å². The first-order valence-corrected chi connectivity index (χ1v) is 4.15. The molecule has 1 aliphatic rings. The van der Waals surface area contributed by atoms with Crippen molar-refractivity contribution in [1.82, 2.24) is 4.90 Å². The lowest BCUT2D eigenvalue weighted by Gasteiger charge is -2.19. The smallest absolute Gasteiger partial charge is 0.0604 e. The van der Waals surface area contributed by atoms with E-state index < -0.39 is 0 Å². The summed E-state index contributed by atoms with van der Waals surface area (Å²) in [5, 5.41) is 0. The SMILES string of the molecule is CC#CCN1CCC(N)C1C. The van der Waals surface area contributed by atoms with Crippen LogP contribution in [0.3, 0.4) is 0 Å². The third kappa shape index (κ3) is 1.95. The molecule has 62 valence electrons. The minimum Gasteiger partial charge on any atom is -0.326 e. The van der Waals surface area contributed by atoms with Gasteiger partial charge in [-0.15, -0.1) is 5.92 Å². The second kappa shape index (κ2) is 3.75. The van der Waals surface area contributed by atoms with Crippen LogP contribution in [-0.2, 0) is 0 Å². The number of likely N-dealkylation sites (tertiary alicyclic amines) is 1. The van der Waals surface area contributed by atoms with Gasteiger partial charge in [0.2, 0.25) is 0 Å². The maximum Gasteiger partial charge on any atom is 0.0604 e. The van der Waals surface area contributed by atoms with Crippen molar-refractivity contribution in [1.29, 1.82) is 0 Å². The van der Waals surface area contributed by atoms with Crippen molar-refractivity contribution in [2.45, 2.75) is 32.4 Å². The Hall–Kier alpha value is -0.520. The van der Waals surface area contributed by atoms with E-state index in [1.54, 1.807) is 0 Å². The summed E-state index contributed by atoms with van der Waals surface area (Å²) in [5.41, 5.74) is 5.85. The van der Waals surface area contributed by atoms with E-state index in [0.717, 1.165) is 19.5 Å². The summed E-state index contributed by atoms with van der Waals surface area (Å²) in [4.78, 5) is 2.33. The average Bonchev–Trinajstić information content (AvgIpc) is 2.31. The van der Waals surface area contributed by atoms with Gasteiger partial charge in [-0.25, -0.2) is 0 Å². The molecular formula is C9H16N2. The number of nitrogens with two attached hydrogens (primary N) is 1. The number of hydrogen-bond acceptors (Lipinski definition) is 2. The third-order valence-electron chi connectivity index (χ3n) is 2.40. The summed E-state index contributed by atoms with van der Waals surface area (Å²) in [7, 11) is 0. The Morgan fingerprint density at radius 1 is 1.64 bits per heavy atom.